The van der Waals surface area contributed by atoms with Crippen LogP contribution < -0.4 is 5.32 Å². The molecule has 4 nitrogen and oxygen atoms in total. The summed E-state index contributed by atoms with van der Waals surface area (Å²) >= 11 is 0. The molecular formula is C6H11NO3. The average Bonchev–Trinajstić information content (AvgIpc) is 1.95. The predicted octanol–water partition coefficient (Wildman–Crippen LogP) is -0.852. The van der Waals surface area contributed by atoms with E-state index in [4.69, 9.17) is 9.47 Å². The normalized spacial score (nSPS) is 26.1. The Kier molecular flexibility index (Phi) is 2.65. The molecule has 0 aromatic rings. The quantitative estimate of drug-likeness (QED) is 0.550. The van der Waals surface area contributed by atoms with E-state index in [1.807, 2.05) is 0 Å². The summed E-state index contributed by atoms with van der Waals surface area (Å²) in [6, 6.07) is 0. The van der Waals surface area contributed by atoms with Crippen LogP contribution in [0.2, 0.25) is 0 Å². The van der Waals surface area contributed by atoms with Gasteiger partial charge in [0, 0.05) is 13.7 Å². The Morgan fingerprint density at radius 3 is 3.20 bits per heavy atom. The number of amides is 1. The molecule has 0 radical (unpaired) electrons. The molecule has 0 aromatic carbocycles. The summed E-state index contributed by atoms with van der Waals surface area (Å²) in [5.41, 5.74) is 0. The molecule has 1 fully saturated rings. The fourth-order valence-corrected chi connectivity index (χ4v) is 0.824. The Hall–Kier alpha value is -0.610. The van der Waals surface area contributed by atoms with Crippen molar-refractivity contribution in [2.45, 2.75) is 6.10 Å². The second-order valence-corrected chi connectivity index (χ2v) is 2.19. The number of hydrogen-bond acceptors (Lipinski definition) is 3. The summed E-state index contributed by atoms with van der Waals surface area (Å²) in [5, 5.41) is 2.67. The average molecular weight is 145 g/mol. The van der Waals surface area contributed by atoms with Gasteiger partial charge in [0.1, 0.15) is 6.61 Å². The highest BCUT2D eigenvalue weighted by Gasteiger charge is 2.17. The maximum atomic E-state index is 10.5. The van der Waals surface area contributed by atoms with E-state index >= 15 is 0 Å². The smallest absolute Gasteiger partial charge is 0.246 e. The van der Waals surface area contributed by atoms with Gasteiger partial charge in [-0.3, -0.25) is 4.79 Å². The summed E-state index contributed by atoms with van der Waals surface area (Å²) in [4.78, 5) is 10.5. The first-order chi connectivity index (χ1) is 4.83. The molecule has 1 saturated heterocycles. The van der Waals surface area contributed by atoms with E-state index in [2.05, 4.69) is 5.32 Å². The van der Waals surface area contributed by atoms with Crippen LogP contribution in [-0.4, -0.2) is 38.9 Å². The zero-order valence-corrected chi connectivity index (χ0v) is 5.92. The fourth-order valence-electron chi connectivity index (χ4n) is 0.824. The summed E-state index contributed by atoms with van der Waals surface area (Å²) in [6.45, 7) is 1.26. The molecule has 0 bridgehead atoms. The molecule has 58 valence electrons. The van der Waals surface area contributed by atoms with E-state index in [9.17, 15) is 4.79 Å². The van der Waals surface area contributed by atoms with Crippen LogP contribution in [-0.2, 0) is 14.3 Å². The molecule has 1 atom stereocenters. The Labute approximate surface area is 59.5 Å². The summed E-state index contributed by atoms with van der Waals surface area (Å²) in [6.07, 6.45) is 0.0303. The summed E-state index contributed by atoms with van der Waals surface area (Å²) < 4.78 is 9.93. The molecule has 1 unspecified atom stereocenters. The summed E-state index contributed by atoms with van der Waals surface area (Å²) in [7, 11) is 1.61. The zero-order valence-electron chi connectivity index (χ0n) is 5.92. The van der Waals surface area contributed by atoms with Crippen molar-refractivity contribution in [2.75, 3.05) is 26.9 Å². The molecule has 0 aromatic heterocycles. The van der Waals surface area contributed by atoms with Gasteiger partial charge in [-0.2, -0.15) is 0 Å². The number of methoxy groups -OCH3 is 1. The third-order valence-electron chi connectivity index (χ3n) is 1.33. The molecule has 1 aliphatic heterocycles. The van der Waals surface area contributed by atoms with Crippen molar-refractivity contribution in [1.29, 1.82) is 0 Å². The highest BCUT2D eigenvalue weighted by atomic mass is 16.5. The van der Waals surface area contributed by atoms with Crippen molar-refractivity contribution < 1.29 is 14.3 Å². The second-order valence-electron chi connectivity index (χ2n) is 2.19. The van der Waals surface area contributed by atoms with Gasteiger partial charge >= 0.3 is 0 Å². The molecule has 1 amide bonds. The molecule has 0 spiro atoms. The van der Waals surface area contributed by atoms with E-state index in [-0.39, 0.29) is 18.6 Å². The lowest BCUT2D eigenvalue weighted by Gasteiger charge is -2.21. The van der Waals surface area contributed by atoms with Gasteiger partial charge in [0.2, 0.25) is 5.91 Å². The number of carbonyl (C=O) groups is 1. The van der Waals surface area contributed by atoms with E-state index in [1.165, 1.54) is 0 Å². The monoisotopic (exact) mass is 145 g/mol. The molecule has 1 heterocycles. The van der Waals surface area contributed by atoms with E-state index in [0.29, 0.717) is 13.2 Å². The van der Waals surface area contributed by atoms with Crippen LogP contribution in [0.1, 0.15) is 0 Å². The van der Waals surface area contributed by atoms with Crippen LogP contribution >= 0.6 is 0 Å². The number of nitrogens with one attached hydrogen (secondary N) is 1. The van der Waals surface area contributed by atoms with Gasteiger partial charge in [-0.05, 0) is 0 Å². The molecule has 1 aliphatic rings. The minimum absolute atomic E-state index is 0.0303. The number of hydrogen-bond donors (Lipinski definition) is 1. The van der Waals surface area contributed by atoms with Gasteiger partial charge in [-0.1, -0.05) is 0 Å². The van der Waals surface area contributed by atoms with Gasteiger partial charge in [0.25, 0.3) is 0 Å². The molecule has 0 saturated carbocycles. The Balaban J connectivity index is 2.19. The van der Waals surface area contributed by atoms with E-state index in [1.54, 1.807) is 7.11 Å². The minimum atomic E-state index is -0.0487. The Morgan fingerprint density at radius 2 is 2.70 bits per heavy atom. The lowest BCUT2D eigenvalue weighted by molar-refractivity contribution is -0.135. The molecular weight excluding hydrogens is 134 g/mol. The molecule has 1 rings (SSSR count). The topological polar surface area (TPSA) is 47.6 Å². The van der Waals surface area contributed by atoms with Gasteiger partial charge in [-0.15, -0.1) is 0 Å². The highest BCUT2D eigenvalue weighted by molar-refractivity contribution is 5.77. The van der Waals surface area contributed by atoms with E-state index in [0.717, 1.165) is 0 Å². The van der Waals surface area contributed by atoms with Gasteiger partial charge in [0.05, 0.1) is 12.7 Å². The zero-order chi connectivity index (χ0) is 7.40. The van der Waals surface area contributed by atoms with Crippen molar-refractivity contribution >= 4 is 5.91 Å². The number of rotatable bonds is 2. The number of carbonyl (C=O) groups excluding carboxylic acids is 1. The first-order valence-corrected chi connectivity index (χ1v) is 3.20. The fraction of sp³-hybridized carbons (Fsp3) is 0.833. The summed E-state index contributed by atoms with van der Waals surface area (Å²) in [5.74, 6) is -0.0487. The molecule has 0 aliphatic carbocycles. The maximum Gasteiger partial charge on any atom is 0.246 e. The van der Waals surface area contributed by atoms with Crippen molar-refractivity contribution in [1.82, 2.24) is 5.32 Å². The van der Waals surface area contributed by atoms with Gasteiger partial charge in [-0.25, -0.2) is 0 Å². The standard InChI is InChI=1S/C6H11NO3/c1-9-3-5-2-7-6(8)4-10-5/h5H,2-4H2,1H3,(H,7,8). The maximum absolute atomic E-state index is 10.5. The van der Waals surface area contributed by atoms with Crippen LogP contribution in [0.15, 0.2) is 0 Å². The van der Waals surface area contributed by atoms with E-state index < -0.39 is 0 Å². The minimum Gasteiger partial charge on any atom is -0.382 e. The molecule has 4 heteroatoms. The van der Waals surface area contributed by atoms with Gasteiger partial charge in [0.15, 0.2) is 0 Å². The lowest BCUT2D eigenvalue weighted by Crippen LogP contribution is -2.44. The van der Waals surface area contributed by atoms with Crippen molar-refractivity contribution in [3.05, 3.63) is 0 Å². The van der Waals surface area contributed by atoms with Crippen LogP contribution in [0.3, 0.4) is 0 Å². The Morgan fingerprint density at radius 1 is 1.90 bits per heavy atom. The highest BCUT2D eigenvalue weighted by Crippen LogP contribution is 1.95. The lowest BCUT2D eigenvalue weighted by atomic mass is 10.3. The number of morpholine rings is 1. The second kappa shape index (κ2) is 3.53. The predicted molar refractivity (Wildman–Crippen MR) is 34.6 cm³/mol. The van der Waals surface area contributed by atoms with Crippen LogP contribution in [0.25, 0.3) is 0 Å². The van der Waals surface area contributed by atoms with Crippen molar-refractivity contribution in [2.24, 2.45) is 0 Å². The third-order valence-corrected chi connectivity index (χ3v) is 1.33. The largest absolute Gasteiger partial charge is 0.382 e. The molecule has 10 heavy (non-hydrogen) atoms. The van der Waals surface area contributed by atoms with Crippen molar-refractivity contribution in [3.8, 4) is 0 Å². The first kappa shape index (κ1) is 7.50. The third kappa shape index (κ3) is 1.97. The van der Waals surface area contributed by atoms with Gasteiger partial charge < -0.3 is 14.8 Å². The van der Waals surface area contributed by atoms with Crippen LogP contribution in [0.4, 0.5) is 0 Å². The Bertz CT molecular complexity index is 116. The SMILES string of the molecule is COCC1CNC(=O)CO1. The molecule has 1 N–H and O–H groups in total. The van der Waals surface area contributed by atoms with Crippen molar-refractivity contribution in [3.63, 3.8) is 0 Å². The van der Waals surface area contributed by atoms with Crippen LogP contribution in [0, 0.1) is 0 Å². The number of ether oxygens (including phenoxy) is 2. The first-order valence-electron chi connectivity index (χ1n) is 3.20. The van der Waals surface area contributed by atoms with Crippen LogP contribution in [0.5, 0.6) is 0 Å².